The number of nitrogens with zero attached hydrogens (tertiary/aromatic N) is 1. The molecule has 1 aliphatic rings. The topological polar surface area (TPSA) is 32.7 Å². The minimum atomic E-state index is -0.143. The Morgan fingerprint density at radius 1 is 1.50 bits per heavy atom. The molecule has 1 heterocycles. The maximum atomic E-state index is 9.66. The van der Waals surface area contributed by atoms with Crippen LogP contribution >= 0.6 is 11.6 Å². The molecule has 0 bridgehead atoms. The Labute approximate surface area is 113 Å². The van der Waals surface area contributed by atoms with Gasteiger partial charge in [0.2, 0.25) is 0 Å². The Bertz CT molecular complexity index is 386. The predicted molar refractivity (Wildman–Crippen MR) is 73.2 cm³/mol. The number of ether oxygens (including phenoxy) is 1. The second kappa shape index (κ2) is 6.41. The van der Waals surface area contributed by atoms with Crippen LogP contribution in [0.1, 0.15) is 13.3 Å². The second-order valence-electron chi connectivity index (χ2n) is 4.94. The van der Waals surface area contributed by atoms with Crippen molar-refractivity contribution in [3.8, 4) is 5.75 Å². The molecule has 18 heavy (non-hydrogen) atoms. The highest BCUT2D eigenvalue weighted by Crippen LogP contribution is 2.18. The second-order valence-corrected chi connectivity index (χ2v) is 5.38. The number of piperidine rings is 1. The van der Waals surface area contributed by atoms with E-state index in [2.05, 4.69) is 11.8 Å². The number of likely N-dealkylation sites (tertiary alicyclic amines) is 1. The Morgan fingerprint density at radius 2 is 2.33 bits per heavy atom. The third-order valence-corrected chi connectivity index (χ3v) is 3.65. The van der Waals surface area contributed by atoms with Crippen molar-refractivity contribution in [1.82, 2.24) is 4.90 Å². The van der Waals surface area contributed by atoms with Crippen molar-refractivity contribution < 1.29 is 9.84 Å². The number of aliphatic hydroxyl groups is 1. The first-order valence-corrected chi connectivity index (χ1v) is 6.82. The van der Waals surface area contributed by atoms with E-state index in [0.29, 0.717) is 17.5 Å². The van der Waals surface area contributed by atoms with Crippen LogP contribution in [0.25, 0.3) is 0 Å². The molecule has 3 nitrogen and oxygen atoms in total. The van der Waals surface area contributed by atoms with Gasteiger partial charge >= 0.3 is 0 Å². The third kappa shape index (κ3) is 3.87. The van der Waals surface area contributed by atoms with Crippen LogP contribution in [0.3, 0.4) is 0 Å². The molecule has 0 spiro atoms. The number of hydrogen-bond donors (Lipinski definition) is 1. The fourth-order valence-corrected chi connectivity index (χ4v) is 2.45. The molecule has 0 amide bonds. The lowest BCUT2D eigenvalue weighted by atomic mass is 9.97. The van der Waals surface area contributed by atoms with Crippen LogP contribution in [0, 0.1) is 5.92 Å². The zero-order chi connectivity index (χ0) is 13.0. The van der Waals surface area contributed by atoms with Gasteiger partial charge in [0, 0.05) is 24.7 Å². The molecule has 1 N–H and O–H groups in total. The lowest BCUT2D eigenvalue weighted by Gasteiger charge is -2.34. The van der Waals surface area contributed by atoms with Gasteiger partial charge in [0.15, 0.2) is 0 Å². The fraction of sp³-hybridized carbons (Fsp3) is 0.571. The highest BCUT2D eigenvalue weighted by Gasteiger charge is 2.23. The Morgan fingerprint density at radius 3 is 3.06 bits per heavy atom. The highest BCUT2D eigenvalue weighted by molar-refractivity contribution is 6.30. The zero-order valence-corrected chi connectivity index (χ0v) is 11.4. The van der Waals surface area contributed by atoms with Crippen molar-refractivity contribution in [2.24, 2.45) is 5.92 Å². The average molecular weight is 270 g/mol. The number of hydrogen-bond acceptors (Lipinski definition) is 3. The first kappa shape index (κ1) is 13.7. The van der Waals surface area contributed by atoms with Gasteiger partial charge in [-0.2, -0.15) is 0 Å². The molecule has 2 rings (SSSR count). The molecule has 2 atom stereocenters. The van der Waals surface area contributed by atoms with E-state index in [0.717, 1.165) is 31.8 Å². The normalized spacial score (nSPS) is 25.1. The Hall–Kier alpha value is -0.770. The van der Waals surface area contributed by atoms with E-state index in [9.17, 15) is 5.11 Å². The standard InChI is InChI=1S/C14H20ClNO2/c1-11-10-16(6-5-14(11)17)7-8-18-13-4-2-3-12(15)9-13/h2-4,9,11,14,17H,5-8,10H2,1H3. The Kier molecular flexibility index (Phi) is 4.87. The summed E-state index contributed by atoms with van der Waals surface area (Å²) in [4.78, 5) is 2.34. The molecule has 4 heteroatoms. The van der Waals surface area contributed by atoms with E-state index in [1.165, 1.54) is 0 Å². The average Bonchev–Trinajstić information content (AvgIpc) is 2.34. The quantitative estimate of drug-likeness (QED) is 0.911. The van der Waals surface area contributed by atoms with Crippen molar-refractivity contribution in [2.45, 2.75) is 19.4 Å². The van der Waals surface area contributed by atoms with Crippen LogP contribution in [0.5, 0.6) is 5.75 Å². The summed E-state index contributed by atoms with van der Waals surface area (Å²) in [5, 5.41) is 10.4. The predicted octanol–water partition coefficient (Wildman–Crippen LogP) is 2.42. The summed E-state index contributed by atoms with van der Waals surface area (Å²) in [7, 11) is 0. The van der Waals surface area contributed by atoms with E-state index < -0.39 is 0 Å². The third-order valence-electron chi connectivity index (χ3n) is 3.42. The summed E-state index contributed by atoms with van der Waals surface area (Å²) in [5.41, 5.74) is 0. The molecule has 0 saturated carbocycles. The summed E-state index contributed by atoms with van der Waals surface area (Å²) < 4.78 is 5.66. The maximum Gasteiger partial charge on any atom is 0.120 e. The van der Waals surface area contributed by atoms with Crippen LogP contribution in [0.15, 0.2) is 24.3 Å². The Balaban J connectivity index is 1.72. The highest BCUT2D eigenvalue weighted by atomic mass is 35.5. The molecule has 0 aliphatic carbocycles. The summed E-state index contributed by atoms with van der Waals surface area (Å²) in [6, 6.07) is 7.46. The zero-order valence-electron chi connectivity index (χ0n) is 10.7. The lowest BCUT2D eigenvalue weighted by Crippen LogP contribution is -2.43. The molecular weight excluding hydrogens is 250 g/mol. The van der Waals surface area contributed by atoms with E-state index in [1.54, 1.807) is 0 Å². The molecule has 0 aromatic heterocycles. The molecular formula is C14H20ClNO2. The van der Waals surface area contributed by atoms with Crippen molar-refractivity contribution in [2.75, 3.05) is 26.2 Å². The van der Waals surface area contributed by atoms with Gasteiger partial charge in [0.05, 0.1) is 6.10 Å². The molecule has 100 valence electrons. The summed E-state index contributed by atoms with van der Waals surface area (Å²) in [6.07, 6.45) is 0.716. The van der Waals surface area contributed by atoms with E-state index in [-0.39, 0.29) is 6.10 Å². The van der Waals surface area contributed by atoms with Gasteiger partial charge in [-0.25, -0.2) is 0 Å². The fourth-order valence-electron chi connectivity index (χ4n) is 2.27. The minimum absolute atomic E-state index is 0.143. The summed E-state index contributed by atoms with van der Waals surface area (Å²) in [5.74, 6) is 1.16. The number of benzene rings is 1. The number of rotatable bonds is 4. The van der Waals surface area contributed by atoms with Crippen LogP contribution < -0.4 is 4.74 Å². The molecule has 1 aromatic rings. The molecule has 1 saturated heterocycles. The molecule has 1 aliphatic heterocycles. The molecule has 1 fully saturated rings. The van der Waals surface area contributed by atoms with Crippen molar-refractivity contribution in [3.63, 3.8) is 0 Å². The largest absolute Gasteiger partial charge is 0.492 e. The van der Waals surface area contributed by atoms with Gasteiger partial charge in [-0.3, -0.25) is 4.90 Å². The van der Waals surface area contributed by atoms with Gasteiger partial charge < -0.3 is 9.84 Å². The first-order chi connectivity index (χ1) is 8.65. The lowest BCUT2D eigenvalue weighted by molar-refractivity contribution is 0.0304. The van der Waals surface area contributed by atoms with Gasteiger partial charge in [-0.15, -0.1) is 0 Å². The summed E-state index contributed by atoms with van der Waals surface area (Å²) in [6.45, 7) is 5.53. The maximum absolute atomic E-state index is 9.66. The van der Waals surface area contributed by atoms with Gasteiger partial charge in [-0.1, -0.05) is 24.6 Å². The van der Waals surface area contributed by atoms with E-state index in [4.69, 9.17) is 16.3 Å². The van der Waals surface area contributed by atoms with Gasteiger partial charge in [0.1, 0.15) is 12.4 Å². The van der Waals surface area contributed by atoms with Crippen molar-refractivity contribution in [1.29, 1.82) is 0 Å². The first-order valence-electron chi connectivity index (χ1n) is 6.44. The van der Waals surface area contributed by atoms with Gasteiger partial charge in [0.25, 0.3) is 0 Å². The number of aliphatic hydroxyl groups excluding tert-OH is 1. The summed E-state index contributed by atoms with van der Waals surface area (Å²) >= 11 is 5.89. The monoisotopic (exact) mass is 269 g/mol. The van der Waals surface area contributed by atoms with Gasteiger partial charge in [-0.05, 0) is 30.5 Å². The van der Waals surface area contributed by atoms with E-state index >= 15 is 0 Å². The smallest absolute Gasteiger partial charge is 0.120 e. The van der Waals surface area contributed by atoms with E-state index in [1.807, 2.05) is 24.3 Å². The minimum Gasteiger partial charge on any atom is -0.492 e. The van der Waals surface area contributed by atoms with Crippen LogP contribution in [0.2, 0.25) is 5.02 Å². The van der Waals surface area contributed by atoms with Crippen LogP contribution in [-0.4, -0.2) is 42.4 Å². The molecule has 2 unspecified atom stereocenters. The van der Waals surface area contributed by atoms with Crippen molar-refractivity contribution in [3.05, 3.63) is 29.3 Å². The number of halogens is 1. The van der Waals surface area contributed by atoms with Crippen LogP contribution in [-0.2, 0) is 0 Å². The van der Waals surface area contributed by atoms with Crippen LogP contribution in [0.4, 0.5) is 0 Å². The molecule has 0 radical (unpaired) electrons. The van der Waals surface area contributed by atoms with Crippen molar-refractivity contribution >= 4 is 11.6 Å². The molecule has 1 aromatic carbocycles. The SMILES string of the molecule is CC1CN(CCOc2cccc(Cl)c2)CCC1O.